The Labute approximate surface area is 137 Å². The Kier molecular flexibility index (Phi) is 4.71. The van der Waals surface area contributed by atoms with Crippen molar-refractivity contribution in [1.29, 1.82) is 0 Å². The first-order valence-electron chi connectivity index (χ1n) is 7.39. The summed E-state index contributed by atoms with van der Waals surface area (Å²) in [6.45, 7) is 7.51. The maximum atomic E-state index is 12.4. The summed E-state index contributed by atoms with van der Waals surface area (Å²) in [5.74, 6) is 0.309. The van der Waals surface area contributed by atoms with Gasteiger partial charge in [0.1, 0.15) is 11.4 Å². The van der Waals surface area contributed by atoms with E-state index in [1.54, 1.807) is 36.4 Å². The van der Waals surface area contributed by atoms with Gasteiger partial charge in [-0.05, 0) is 42.2 Å². The Hall–Kier alpha value is -1.63. The van der Waals surface area contributed by atoms with Gasteiger partial charge in [0.15, 0.2) is 0 Å². The number of aliphatic hydroxyl groups is 1. The molecule has 0 bridgehead atoms. The van der Waals surface area contributed by atoms with Gasteiger partial charge in [-0.1, -0.05) is 32.9 Å². The quantitative estimate of drug-likeness (QED) is 0.879. The first kappa shape index (κ1) is 17.7. The molecule has 0 saturated heterocycles. The summed E-state index contributed by atoms with van der Waals surface area (Å²) in [6, 6.07) is 10.0. The van der Waals surface area contributed by atoms with Gasteiger partial charge < -0.3 is 9.52 Å². The summed E-state index contributed by atoms with van der Waals surface area (Å²) in [7, 11) is -3.70. The van der Waals surface area contributed by atoms with Crippen LogP contribution in [0, 0.1) is 0 Å². The van der Waals surface area contributed by atoms with Crippen LogP contribution in [0.4, 0.5) is 0 Å². The Morgan fingerprint density at radius 2 is 1.70 bits per heavy atom. The smallest absolute Gasteiger partial charge is 0.240 e. The van der Waals surface area contributed by atoms with Crippen molar-refractivity contribution in [1.82, 2.24) is 4.72 Å². The summed E-state index contributed by atoms with van der Waals surface area (Å²) in [5.41, 5.74) is -0.403. The van der Waals surface area contributed by atoms with Crippen LogP contribution in [0.3, 0.4) is 0 Å². The van der Waals surface area contributed by atoms with Crippen molar-refractivity contribution in [3.05, 3.63) is 54.0 Å². The van der Waals surface area contributed by atoms with Crippen LogP contribution in [0.5, 0.6) is 0 Å². The molecule has 6 heteroatoms. The van der Waals surface area contributed by atoms with Crippen molar-refractivity contribution < 1.29 is 17.9 Å². The maximum Gasteiger partial charge on any atom is 0.240 e. The second kappa shape index (κ2) is 6.11. The van der Waals surface area contributed by atoms with E-state index < -0.39 is 15.6 Å². The molecule has 126 valence electrons. The second-order valence-electron chi connectivity index (χ2n) is 6.85. The van der Waals surface area contributed by atoms with E-state index in [4.69, 9.17) is 4.42 Å². The molecule has 0 amide bonds. The molecule has 2 aromatic rings. The van der Waals surface area contributed by atoms with Gasteiger partial charge in [0.2, 0.25) is 10.0 Å². The standard InChI is InChI=1S/C17H23NO4S/c1-16(2,3)13-7-9-14(10-8-13)23(20,21)18-12-17(4,19)15-6-5-11-22-15/h5-11,18-19H,12H2,1-4H3. The number of rotatable bonds is 5. The summed E-state index contributed by atoms with van der Waals surface area (Å²) < 4.78 is 32.3. The molecule has 0 spiro atoms. The lowest BCUT2D eigenvalue weighted by Gasteiger charge is -2.22. The van der Waals surface area contributed by atoms with E-state index in [9.17, 15) is 13.5 Å². The fraction of sp³-hybridized carbons (Fsp3) is 0.412. The third-order valence-electron chi connectivity index (χ3n) is 3.69. The van der Waals surface area contributed by atoms with Gasteiger partial charge in [-0.25, -0.2) is 13.1 Å². The maximum absolute atomic E-state index is 12.4. The summed E-state index contributed by atoms with van der Waals surface area (Å²) in [5, 5.41) is 10.3. The minimum Gasteiger partial charge on any atom is -0.466 e. The van der Waals surface area contributed by atoms with Crippen molar-refractivity contribution in [2.24, 2.45) is 0 Å². The molecule has 1 unspecified atom stereocenters. The summed E-state index contributed by atoms with van der Waals surface area (Å²) >= 11 is 0. The lowest BCUT2D eigenvalue weighted by Crippen LogP contribution is -2.38. The van der Waals surface area contributed by atoms with Gasteiger partial charge in [-0.3, -0.25) is 0 Å². The molecule has 1 heterocycles. The molecular weight excluding hydrogens is 314 g/mol. The molecular formula is C17H23NO4S. The summed E-state index contributed by atoms with van der Waals surface area (Å²) in [4.78, 5) is 0.167. The van der Waals surface area contributed by atoms with Crippen molar-refractivity contribution in [2.75, 3.05) is 6.54 Å². The van der Waals surface area contributed by atoms with Crippen LogP contribution >= 0.6 is 0 Å². The van der Waals surface area contributed by atoms with Crippen LogP contribution in [-0.2, 0) is 21.0 Å². The highest BCUT2D eigenvalue weighted by atomic mass is 32.2. The molecule has 23 heavy (non-hydrogen) atoms. The molecule has 0 aliphatic heterocycles. The minimum atomic E-state index is -3.70. The number of furan rings is 1. The fourth-order valence-electron chi connectivity index (χ4n) is 2.13. The fourth-order valence-corrected chi connectivity index (χ4v) is 3.26. The van der Waals surface area contributed by atoms with Crippen molar-refractivity contribution >= 4 is 10.0 Å². The van der Waals surface area contributed by atoms with Gasteiger partial charge in [-0.15, -0.1) is 0 Å². The van der Waals surface area contributed by atoms with Crippen LogP contribution in [-0.4, -0.2) is 20.1 Å². The number of hydrogen-bond acceptors (Lipinski definition) is 4. The SMILES string of the molecule is CC(C)(C)c1ccc(S(=O)(=O)NCC(C)(O)c2ccco2)cc1. The van der Waals surface area contributed by atoms with Gasteiger partial charge in [0.25, 0.3) is 0 Å². The number of sulfonamides is 1. The van der Waals surface area contributed by atoms with Gasteiger partial charge in [0, 0.05) is 6.54 Å². The van der Waals surface area contributed by atoms with Crippen LogP contribution < -0.4 is 4.72 Å². The normalized spacial score (nSPS) is 15.3. The first-order chi connectivity index (χ1) is 10.5. The second-order valence-corrected chi connectivity index (χ2v) is 8.62. The zero-order valence-electron chi connectivity index (χ0n) is 13.8. The lowest BCUT2D eigenvalue weighted by atomic mass is 9.87. The molecule has 0 fully saturated rings. The van der Waals surface area contributed by atoms with Crippen molar-refractivity contribution in [3.8, 4) is 0 Å². The van der Waals surface area contributed by atoms with Crippen LogP contribution in [0.15, 0.2) is 52.0 Å². The topological polar surface area (TPSA) is 79.5 Å². The van der Waals surface area contributed by atoms with E-state index in [0.717, 1.165) is 5.56 Å². The van der Waals surface area contributed by atoms with E-state index in [1.165, 1.54) is 13.2 Å². The Morgan fingerprint density at radius 3 is 2.17 bits per heavy atom. The van der Waals surface area contributed by atoms with Crippen LogP contribution in [0.25, 0.3) is 0 Å². The molecule has 2 rings (SSSR count). The molecule has 0 saturated carbocycles. The van der Waals surface area contributed by atoms with Gasteiger partial charge in [-0.2, -0.15) is 0 Å². The van der Waals surface area contributed by atoms with E-state index in [0.29, 0.717) is 5.76 Å². The molecule has 0 aliphatic carbocycles. The largest absolute Gasteiger partial charge is 0.466 e. The highest BCUT2D eigenvalue weighted by molar-refractivity contribution is 7.89. The molecule has 1 aromatic carbocycles. The van der Waals surface area contributed by atoms with Crippen LogP contribution in [0.1, 0.15) is 39.0 Å². The number of benzene rings is 1. The molecule has 1 aromatic heterocycles. The highest BCUT2D eigenvalue weighted by Gasteiger charge is 2.28. The monoisotopic (exact) mass is 337 g/mol. The zero-order chi connectivity index (χ0) is 17.3. The van der Waals surface area contributed by atoms with Crippen LogP contribution in [0.2, 0.25) is 0 Å². The predicted molar refractivity (Wildman–Crippen MR) is 88.6 cm³/mol. The number of nitrogens with one attached hydrogen (secondary N) is 1. The lowest BCUT2D eigenvalue weighted by molar-refractivity contribution is 0.0395. The Balaban J connectivity index is 2.13. The first-order valence-corrected chi connectivity index (χ1v) is 8.87. The Bertz CT molecular complexity index is 739. The molecule has 5 nitrogen and oxygen atoms in total. The predicted octanol–water partition coefficient (Wildman–Crippen LogP) is 2.76. The molecule has 0 radical (unpaired) electrons. The van der Waals surface area contributed by atoms with Gasteiger partial charge >= 0.3 is 0 Å². The van der Waals surface area contributed by atoms with E-state index in [2.05, 4.69) is 25.5 Å². The minimum absolute atomic E-state index is 0.0430. The molecule has 2 N–H and O–H groups in total. The molecule has 1 atom stereocenters. The van der Waals surface area contributed by atoms with Crippen molar-refractivity contribution in [3.63, 3.8) is 0 Å². The average Bonchev–Trinajstić information content (AvgIpc) is 3.00. The third kappa shape index (κ3) is 4.22. The summed E-state index contributed by atoms with van der Waals surface area (Å²) in [6.07, 6.45) is 1.43. The Morgan fingerprint density at radius 1 is 1.09 bits per heavy atom. The zero-order valence-corrected chi connectivity index (χ0v) is 14.6. The van der Waals surface area contributed by atoms with Crippen molar-refractivity contribution in [2.45, 2.75) is 43.6 Å². The van der Waals surface area contributed by atoms with E-state index in [1.807, 2.05) is 0 Å². The highest BCUT2D eigenvalue weighted by Crippen LogP contribution is 2.24. The van der Waals surface area contributed by atoms with E-state index in [-0.39, 0.29) is 16.9 Å². The van der Waals surface area contributed by atoms with Gasteiger partial charge in [0.05, 0.1) is 11.2 Å². The third-order valence-corrected chi connectivity index (χ3v) is 5.11. The number of hydrogen-bond donors (Lipinski definition) is 2. The average molecular weight is 337 g/mol. The van der Waals surface area contributed by atoms with E-state index >= 15 is 0 Å². The molecule has 0 aliphatic rings.